The van der Waals surface area contributed by atoms with Crippen molar-refractivity contribution >= 4 is 33.5 Å². The van der Waals surface area contributed by atoms with Crippen LogP contribution in [0, 0.1) is 0 Å². The Hall–Kier alpha value is -1.68. The molecule has 96 valence electrons. The predicted octanol–water partition coefficient (Wildman–Crippen LogP) is 3.98. The molecule has 0 saturated heterocycles. The molecule has 3 nitrogen and oxygen atoms in total. The van der Waals surface area contributed by atoms with Gasteiger partial charge in [0.05, 0.1) is 22.7 Å². The Balaban J connectivity index is 1.92. The molecule has 1 aliphatic carbocycles. The maximum Gasteiger partial charge on any atom is 0.110 e. The van der Waals surface area contributed by atoms with Gasteiger partial charge < -0.3 is 4.98 Å². The van der Waals surface area contributed by atoms with E-state index >= 15 is 0 Å². The monoisotopic (exact) mass is 275 g/mol. The topological polar surface area (TPSA) is 41.6 Å². The van der Waals surface area contributed by atoms with Crippen molar-refractivity contribution in [1.82, 2.24) is 15.0 Å². The van der Waals surface area contributed by atoms with E-state index in [2.05, 4.69) is 15.0 Å². The molecular weight excluding hydrogens is 265 g/mol. The average molecular weight is 276 g/mol. The number of benzene rings is 1. The van der Waals surface area contributed by atoms with E-state index < -0.39 is 6.17 Å². The molecule has 2 heterocycles. The van der Waals surface area contributed by atoms with E-state index in [-0.39, 0.29) is 5.92 Å². The molecule has 0 amide bonds. The molecule has 3 aromatic rings. The molecule has 0 atom stereocenters. The first-order chi connectivity index (χ1) is 9.20. The highest BCUT2D eigenvalue weighted by molar-refractivity contribution is 6.31. The smallest absolute Gasteiger partial charge is 0.110 e. The fourth-order valence-electron chi connectivity index (χ4n) is 2.61. The summed E-state index contributed by atoms with van der Waals surface area (Å²) in [5, 5.41) is 1.60. The summed E-state index contributed by atoms with van der Waals surface area (Å²) in [6.45, 7) is 0. The number of nitrogens with zero attached hydrogens (tertiary/aromatic N) is 2. The lowest BCUT2D eigenvalue weighted by Gasteiger charge is -2.27. The summed E-state index contributed by atoms with van der Waals surface area (Å²) in [4.78, 5) is 12.2. The first kappa shape index (κ1) is 11.2. The molecule has 0 bridgehead atoms. The zero-order chi connectivity index (χ0) is 13.0. The summed E-state index contributed by atoms with van der Waals surface area (Å²) >= 11 is 6.03. The van der Waals surface area contributed by atoms with Crippen LogP contribution in [0.3, 0.4) is 0 Å². The number of aromatic amines is 1. The maximum absolute atomic E-state index is 12.9. The molecule has 0 unspecified atom stereocenters. The zero-order valence-electron chi connectivity index (χ0n) is 10.0. The Kier molecular flexibility index (Phi) is 2.30. The Morgan fingerprint density at radius 1 is 1.32 bits per heavy atom. The van der Waals surface area contributed by atoms with E-state index in [1.807, 2.05) is 18.2 Å². The van der Waals surface area contributed by atoms with Crippen LogP contribution in [0.15, 0.2) is 24.4 Å². The number of imidazole rings is 1. The SMILES string of the molecule is FC1CC(c2nc3c(cnc4ccc(Cl)cc43)[nH]2)C1. The second kappa shape index (κ2) is 3.90. The summed E-state index contributed by atoms with van der Waals surface area (Å²) in [6.07, 6.45) is 2.22. The van der Waals surface area contributed by atoms with Gasteiger partial charge in [-0.15, -0.1) is 0 Å². The highest BCUT2D eigenvalue weighted by Gasteiger charge is 2.32. The van der Waals surface area contributed by atoms with Gasteiger partial charge in [-0.3, -0.25) is 4.98 Å². The van der Waals surface area contributed by atoms with Crippen LogP contribution in [0.5, 0.6) is 0 Å². The number of rotatable bonds is 1. The number of hydrogen-bond donors (Lipinski definition) is 1. The van der Waals surface area contributed by atoms with Gasteiger partial charge in [-0.2, -0.15) is 0 Å². The van der Waals surface area contributed by atoms with Crippen LogP contribution in [0.25, 0.3) is 21.9 Å². The van der Waals surface area contributed by atoms with Crippen molar-refractivity contribution in [2.75, 3.05) is 0 Å². The van der Waals surface area contributed by atoms with Gasteiger partial charge in [0, 0.05) is 16.3 Å². The Bertz CT molecular complexity index is 777. The van der Waals surface area contributed by atoms with Crippen molar-refractivity contribution in [2.45, 2.75) is 24.9 Å². The molecule has 0 spiro atoms. The lowest BCUT2D eigenvalue weighted by molar-refractivity contribution is 0.174. The highest BCUT2D eigenvalue weighted by atomic mass is 35.5. The third-order valence-corrected chi connectivity index (χ3v) is 4.00. The molecule has 1 fully saturated rings. The number of fused-ring (bicyclic) bond motifs is 3. The molecule has 1 aromatic carbocycles. The van der Waals surface area contributed by atoms with Crippen molar-refractivity contribution in [3.05, 3.63) is 35.2 Å². The molecule has 1 N–H and O–H groups in total. The van der Waals surface area contributed by atoms with E-state index in [0.29, 0.717) is 17.9 Å². The average Bonchev–Trinajstić information content (AvgIpc) is 2.78. The van der Waals surface area contributed by atoms with Gasteiger partial charge in [0.1, 0.15) is 12.0 Å². The molecule has 2 aromatic heterocycles. The third kappa shape index (κ3) is 1.70. The second-order valence-electron chi connectivity index (χ2n) is 5.07. The normalized spacial score (nSPS) is 22.8. The van der Waals surface area contributed by atoms with Crippen molar-refractivity contribution in [3.63, 3.8) is 0 Å². The quantitative estimate of drug-likeness (QED) is 0.730. The number of pyridine rings is 1. The molecule has 1 aliphatic rings. The number of nitrogens with one attached hydrogen (secondary N) is 1. The van der Waals surface area contributed by atoms with Crippen LogP contribution >= 0.6 is 11.6 Å². The zero-order valence-corrected chi connectivity index (χ0v) is 10.8. The Labute approximate surface area is 113 Å². The van der Waals surface area contributed by atoms with Gasteiger partial charge in [-0.05, 0) is 31.0 Å². The highest BCUT2D eigenvalue weighted by Crippen LogP contribution is 2.38. The maximum atomic E-state index is 12.9. The van der Waals surface area contributed by atoms with E-state index in [9.17, 15) is 4.39 Å². The molecule has 1 saturated carbocycles. The number of H-pyrrole nitrogens is 1. The Morgan fingerprint density at radius 2 is 2.16 bits per heavy atom. The van der Waals surface area contributed by atoms with Crippen LogP contribution in [-0.4, -0.2) is 21.1 Å². The van der Waals surface area contributed by atoms with E-state index in [4.69, 9.17) is 11.6 Å². The fourth-order valence-corrected chi connectivity index (χ4v) is 2.79. The van der Waals surface area contributed by atoms with Gasteiger partial charge >= 0.3 is 0 Å². The van der Waals surface area contributed by atoms with Crippen molar-refractivity contribution < 1.29 is 4.39 Å². The minimum atomic E-state index is -0.678. The number of hydrogen-bond acceptors (Lipinski definition) is 2. The minimum absolute atomic E-state index is 0.205. The molecular formula is C14H11ClFN3. The number of alkyl halides is 1. The molecule has 0 aliphatic heterocycles. The number of halogens is 2. The summed E-state index contributed by atoms with van der Waals surface area (Å²) in [5.74, 6) is 1.06. The van der Waals surface area contributed by atoms with Crippen LogP contribution < -0.4 is 0 Å². The van der Waals surface area contributed by atoms with E-state index in [1.54, 1.807) is 6.20 Å². The minimum Gasteiger partial charge on any atom is -0.340 e. The molecule has 4 rings (SSSR count). The second-order valence-corrected chi connectivity index (χ2v) is 5.51. The van der Waals surface area contributed by atoms with Gasteiger partial charge in [0.15, 0.2) is 0 Å². The number of aromatic nitrogens is 3. The first-order valence-electron chi connectivity index (χ1n) is 6.28. The lowest BCUT2D eigenvalue weighted by Crippen LogP contribution is -2.23. The summed E-state index contributed by atoms with van der Waals surface area (Å²) < 4.78 is 12.9. The van der Waals surface area contributed by atoms with Crippen molar-refractivity contribution in [2.24, 2.45) is 0 Å². The molecule has 5 heteroatoms. The summed E-state index contributed by atoms with van der Waals surface area (Å²) in [7, 11) is 0. The summed E-state index contributed by atoms with van der Waals surface area (Å²) in [6, 6.07) is 5.57. The van der Waals surface area contributed by atoms with Crippen molar-refractivity contribution in [1.29, 1.82) is 0 Å². The predicted molar refractivity (Wildman–Crippen MR) is 73.3 cm³/mol. The van der Waals surface area contributed by atoms with Gasteiger partial charge in [-0.1, -0.05) is 11.6 Å². The van der Waals surface area contributed by atoms with E-state index in [0.717, 1.165) is 27.8 Å². The molecule has 19 heavy (non-hydrogen) atoms. The lowest BCUT2D eigenvalue weighted by atomic mass is 9.83. The van der Waals surface area contributed by atoms with Gasteiger partial charge in [0.25, 0.3) is 0 Å². The van der Waals surface area contributed by atoms with Crippen LogP contribution in [0.1, 0.15) is 24.6 Å². The first-order valence-corrected chi connectivity index (χ1v) is 6.66. The largest absolute Gasteiger partial charge is 0.340 e. The standard InChI is InChI=1S/C14H11ClFN3/c15-8-1-2-11-10(5-8)13-12(6-17-11)18-14(19-13)7-3-9(16)4-7/h1-2,5-7,9H,3-4H2,(H,18,19). The van der Waals surface area contributed by atoms with Crippen LogP contribution in [-0.2, 0) is 0 Å². The Morgan fingerprint density at radius 3 is 2.95 bits per heavy atom. The van der Waals surface area contributed by atoms with Crippen LogP contribution in [0.4, 0.5) is 4.39 Å². The van der Waals surface area contributed by atoms with Crippen molar-refractivity contribution in [3.8, 4) is 0 Å². The van der Waals surface area contributed by atoms with Crippen LogP contribution in [0.2, 0.25) is 5.02 Å². The third-order valence-electron chi connectivity index (χ3n) is 3.76. The summed E-state index contributed by atoms with van der Waals surface area (Å²) in [5.41, 5.74) is 2.61. The fraction of sp³-hybridized carbons (Fsp3) is 0.286. The molecule has 0 radical (unpaired) electrons. The van der Waals surface area contributed by atoms with E-state index in [1.165, 1.54) is 0 Å². The van der Waals surface area contributed by atoms with Gasteiger partial charge in [-0.25, -0.2) is 9.37 Å². The van der Waals surface area contributed by atoms with Gasteiger partial charge in [0.2, 0.25) is 0 Å².